The number of rotatable bonds is 3. The van der Waals surface area contributed by atoms with Gasteiger partial charge in [0.15, 0.2) is 5.78 Å². The van der Waals surface area contributed by atoms with Gasteiger partial charge in [-0.05, 0) is 45.5 Å². The summed E-state index contributed by atoms with van der Waals surface area (Å²) in [5, 5.41) is 1.15. The van der Waals surface area contributed by atoms with Crippen molar-refractivity contribution in [3.05, 3.63) is 35.2 Å². The van der Waals surface area contributed by atoms with Gasteiger partial charge in [0, 0.05) is 4.70 Å². The lowest BCUT2D eigenvalue weighted by Gasteiger charge is -2.30. The van der Waals surface area contributed by atoms with Gasteiger partial charge in [0.1, 0.15) is 0 Å². The van der Waals surface area contributed by atoms with Crippen LogP contribution in [0.2, 0.25) is 0 Å². The SMILES string of the molecule is CN(C)C(C)(C)C(=O)c1cc2ccccc2s1. The fraction of sp³-hybridized carbons (Fsp3) is 0.357. The normalized spacial score (nSPS) is 12.3. The molecule has 0 fully saturated rings. The van der Waals surface area contributed by atoms with Crippen LogP contribution in [0.5, 0.6) is 0 Å². The molecule has 0 spiro atoms. The Labute approximate surface area is 106 Å². The summed E-state index contributed by atoms with van der Waals surface area (Å²) < 4.78 is 1.17. The molecule has 0 saturated carbocycles. The first-order valence-electron chi connectivity index (χ1n) is 5.64. The molecule has 0 radical (unpaired) electrons. The number of benzene rings is 1. The lowest BCUT2D eigenvalue weighted by Crippen LogP contribution is -2.45. The number of carbonyl (C=O) groups excluding carboxylic acids is 1. The van der Waals surface area contributed by atoms with Crippen molar-refractivity contribution in [2.45, 2.75) is 19.4 Å². The Morgan fingerprint density at radius 3 is 2.47 bits per heavy atom. The van der Waals surface area contributed by atoms with Gasteiger partial charge in [0.25, 0.3) is 0 Å². The molecule has 17 heavy (non-hydrogen) atoms. The molecule has 0 aliphatic heterocycles. The Kier molecular flexibility index (Phi) is 3.06. The Morgan fingerprint density at radius 1 is 1.24 bits per heavy atom. The minimum Gasteiger partial charge on any atom is -0.297 e. The van der Waals surface area contributed by atoms with E-state index in [1.807, 2.05) is 57.1 Å². The molecule has 0 unspecified atom stereocenters. The van der Waals surface area contributed by atoms with Crippen LogP contribution < -0.4 is 0 Å². The quantitative estimate of drug-likeness (QED) is 0.775. The number of carbonyl (C=O) groups is 1. The van der Waals surface area contributed by atoms with Crippen LogP contribution in [0.1, 0.15) is 23.5 Å². The van der Waals surface area contributed by atoms with Gasteiger partial charge in [-0.3, -0.25) is 9.69 Å². The highest BCUT2D eigenvalue weighted by Gasteiger charge is 2.31. The smallest absolute Gasteiger partial charge is 0.192 e. The first-order chi connectivity index (χ1) is 7.93. The second-order valence-electron chi connectivity index (χ2n) is 4.93. The summed E-state index contributed by atoms with van der Waals surface area (Å²) >= 11 is 1.57. The zero-order chi connectivity index (χ0) is 12.6. The maximum absolute atomic E-state index is 12.4. The van der Waals surface area contributed by atoms with E-state index in [1.54, 1.807) is 11.3 Å². The molecule has 3 heteroatoms. The zero-order valence-electron chi connectivity index (χ0n) is 10.7. The molecule has 0 saturated heterocycles. The average Bonchev–Trinajstić information content (AvgIpc) is 2.70. The molecule has 1 heterocycles. The standard InChI is InChI=1S/C14H17NOS/c1-14(2,15(3)4)13(16)12-9-10-7-5-6-8-11(10)17-12/h5-9H,1-4H3. The minimum atomic E-state index is -0.457. The third-order valence-corrected chi connectivity index (χ3v) is 4.44. The maximum atomic E-state index is 12.4. The predicted molar refractivity (Wildman–Crippen MR) is 73.9 cm³/mol. The van der Waals surface area contributed by atoms with Gasteiger partial charge in [0.05, 0.1) is 10.4 Å². The van der Waals surface area contributed by atoms with E-state index in [0.717, 1.165) is 10.3 Å². The van der Waals surface area contributed by atoms with E-state index < -0.39 is 5.54 Å². The molecule has 2 aromatic rings. The van der Waals surface area contributed by atoms with Crippen LogP contribution in [0.25, 0.3) is 10.1 Å². The van der Waals surface area contributed by atoms with Crippen molar-refractivity contribution < 1.29 is 4.79 Å². The van der Waals surface area contributed by atoms with Crippen LogP contribution in [-0.4, -0.2) is 30.3 Å². The number of Topliss-reactive ketones (excluding diaryl/α,β-unsaturated/α-hetero) is 1. The fourth-order valence-electron chi connectivity index (χ4n) is 1.60. The Bertz CT molecular complexity index is 521. The number of likely N-dealkylation sites (N-methyl/N-ethyl adjacent to an activating group) is 1. The highest BCUT2D eigenvalue weighted by molar-refractivity contribution is 7.20. The number of thiophene rings is 1. The Hall–Kier alpha value is -1.19. The van der Waals surface area contributed by atoms with E-state index in [4.69, 9.17) is 0 Å². The van der Waals surface area contributed by atoms with Crippen molar-refractivity contribution in [2.75, 3.05) is 14.1 Å². The van der Waals surface area contributed by atoms with Crippen molar-refractivity contribution in [3.8, 4) is 0 Å². The van der Waals surface area contributed by atoms with E-state index in [-0.39, 0.29) is 5.78 Å². The van der Waals surface area contributed by atoms with E-state index in [9.17, 15) is 4.79 Å². The highest BCUT2D eigenvalue weighted by Crippen LogP contribution is 2.29. The Morgan fingerprint density at radius 2 is 1.88 bits per heavy atom. The summed E-state index contributed by atoms with van der Waals surface area (Å²) in [4.78, 5) is 15.2. The lowest BCUT2D eigenvalue weighted by atomic mass is 9.96. The second kappa shape index (κ2) is 4.24. The minimum absolute atomic E-state index is 0.184. The summed E-state index contributed by atoms with van der Waals surface area (Å²) in [6, 6.07) is 10.1. The number of ketones is 1. The van der Waals surface area contributed by atoms with Crippen molar-refractivity contribution in [2.24, 2.45) is 0 Å². The molecule has 0 bridgehead atoms. The number of fused-ring (bicyclic) bond motifs is 1. The maximum Gasteiger partial charge on any atom is 0.192 e. The molecule has 1 aromatic heterocycles. The van der Waals surface area contributed by atoms with Crippen LogP contribution in [0.4, 0.5) is 0 Å². The van der Waals surface area contributed by atoms with Crippen LogP contribution in [-0.2, 0) is 0 Å². The van der Waals surface area contributed by atoms with Crippen LogP contribution >= 0.6 is 11.3 Å². The Balaban J connectivity index is 2.44. The van der Waals surface area contributed by atoms with E-state index >= 15 is 0 Å². The van der Waals surface area contributed by atoms with Gasteiger partial charge in [0.2, 0.25) is 0 Å². The van der Waals surface area contributed by atoms with Crippen molar-refractivity contribution >= 4 is 27.2 Å². The predicted octanol–water partition coefficient (Wildman–Crippen LogP) is 3.42. The highest BCUT2D eigenvalue weighted by atomic mass is 32.1. The number of nitrogens with zero attached hydrogens (tertiary/aromatic N) is 1. The fourth-order valence-corrected chi connectivity index (χ4v) is 2.76. The molecule has 0 atom stereocenters. The van der Waals surface area contributed by atoms with Gasteiger partial charge >= 0.3 is 0 Å². The molecule has 0 amide bonds. The zero-order valence-corrected chi connectivity index (χ0v) is 11.5. The summed E-state index contributed by atoms with van der Waals surface area (Å²) in [5.41, 5.74) is -0.457. The van der Waals surface area contributed by atoms with Gasteiger partial charge in [-0.2, -0.15) is 0 Å². The van der Waals surface area contributed by atoms with E-state index in [1.165, 1.54) is 4.70 Å². The van der Waals surface area contributed by atoms with Crippen molar-refractivity contribution in [1.29, 1.82) is 0 Å². The lowest BCUT2D eigenvalue weighted by molar-refractivity contribution is 0.0760. The topological polar surface area (TPSA) is 20.3 Å². The first-order valence-corrected chi connectivity index (χ1v) is 6.45. The number of hydrogen-bond acceptors (Lipinski definition) is 3. The van der Waals surface area contributed by atoms with Gasteiger partial charge in [-0.15, -0.1) is 11.3 Å². The van der Waals surface area contributed by atoms with Gasteiger partial charge < -0.3 is 0 Å². The molecule has 90 valence electrons. The van der Waals surface area contributed by atoms with E-state index in [2.05, 4.69) is 6.07 Å². The van der Waals surface area contributed by atoms with Crippen LogP contribution in [0.3, 0.4) is 0 Å². The molecular weight excluding hydrogens is 230 g/mol. The van der Waals surface area contributed by atoms with Crippen molar-refractivity contribution in [1.82, 2.24) is 4.90 Å². The summed E-state index contributed by atoms with van der Waals surface area (Å²) in [7, 11) is 3.87. The third-order valence-electron chi connectivity index (χ3n) is 3.32. The first kappa shape index (κ1) is 12.3. The van der Waals surface area contributed by atoms with Gasteiger partial charge in [-0.25, -0.2) is 0 Å². The molecule has 0 N–H and O–H groups in total. The monoisotopic (exact) mass is 247 g/mol. The summed E-state index contributed by atoms with van der Waals surface area (Å²) in [6.45, 7) is 3.92. The molecule has 2 rings (SSSR count). The van der Waals surface area contributed by atoms with E-state index in [0.29, 0.717) is 0 Å². The van der Waals surface area contributed by atoms with Crippen molar-refractivity contribution in [3.63, 3.8) is 0 Å². The van der Waals surface area contributed by atoms with Crippen LogP contribution in [0, 0.1) is 0 Å². The van der Waals surface area contributed by atoms with Gasteiger partial charge in [-0.1, -0.05) is 18.2 Å². The molecule has 0 aliphatic carbocycles. The molecule has 1 aromatic carbocycles. The van der Waals surface area contributed by atoms with Crippen LogP contribution in [0.15, 0.2) is 30.3 Å². The average molecular weight is 247 g/mol. The third kappa shape index (κ3) is 2.13. The largest absolute Gasteiger partial charge is 0.297 e. The molecule has 0 aliphatic rings. The molecular formula is C14H17NOS. The summed E-state index contributed by atoms with van der Waals surface area (Å²) in [6.07, 6.45) is 0. The number of hydrogen-bond donors (Lipinski definition) is 0. The summed E-state index contributed by atoms with van der Waals surface area (Å²) in [5.74, 6) is 0.184. The molecule has 2 nitrogen and oxygen atoms in total. The second-order valence-corrected chi connectivity index (χ2v) is 6.01.